The largest absolute Gasteiger partial charge is 0.339 e. The Morgan fingerprint density at radius 3 is 2.65 bits per heavy atom. The van der Waals surface area contributed by atoms with Gasteiger partial charge in [0.1, 0.15) is 5.82 Å². The minimum Gasteiger partial charge on any atom is -0.339 e. The van der Waals surface area contributed by atoms with E-state index in [0.29, 0.717) is 13.1 Å². The molecule has 17 heavy (non-hydrogen) atoms. The van der Waals surface area contributed by atoms with Gasteiger partial charge in [0.2, 0.25) is 6.08 Å². The van der Waals surface area contributed by atoms with Gasteiger partial charge in [0.05, 0.1) is 11.3 Å². The summed E-state index contributed by atoms with van der Waals surface area (Å²) in [5, 5.41) is 0. The average molecular weight is 234 g/mol. The second kappa shape index (κ2) is 4.89. The van der Waals surface area contributed by atoms with E-state index in [1.807, 2.05) is 0 Å². The van der Waals surface area contributed by atoms with Crippen LogP contribution in [0.4, 0.5) is 10.1 Å². The van der Waals surface area contributed by atoms with Crippen LogP contribution < -0.4 is 0 Å². The third kappa shape index (κ3) is 2.40. The lowest BCUT2D eigenvalue weighted by Crippen LogP contribution is -2.28. The lowest BCUT2D eigenvalue weighted by molar-refractivity contribution is 0.0788. The number of halogens is 1. The van der Waals surface area contributed by atoms with Crippen molar-refractivity contribution >= 4 is 17.7 Å². The lowest BCUT2D eigenvalue weighted by atomic mass is 10.1. The van der Waals surface area contributed by atoms with Crippen molar-refractivity contribution in [1.29, 1.82) is 0 Å². The SMILES string of the molecule is O=C=Nc1ccc(C(=O)N2CCCC2)c(F)c1. The monoisotopic (exact) mass is 234 g/mol. The molecule has 88 valence electrons. The van der Waals surface area contributed by atoms with E-state index in [4.69, 9.17) is 0 Å². The summed E-state index contributed by atoms with van der Waals surface area (Å²) in [6, 6.07) is 3.84. The van der Waals surface area contributed by atoms with E-state index in [2.05, 4.69) is 4.99 Å². The van der Waals surface area contributed by atoms with Crippen LogP contribution in [0.3, 0.4) is 0 Å². The lowest BCUT2D eigenvalue weighted by Gasteiger charge is -2.15. The summed E-state index contributed by atoms with van der Waals surface area (Å²) >= 11 is 0. The van der Waals surface area contributed by atoms with Crippen molar-refractivity contribution in [3.63, 3.8) is 0 Å². The standard InChI is InChI=1S/C12H11FN2O2/c13-11-7-9(14-8-16)3-4-10(11)12(17)15-5-1-2-6-15/h3-4,7H,1-2,5-6H2. The van der Waals surface area contributed by atoms with Gasteiger partial charge in [-0.1, -0.05) is 0 Å². The molecule has 4 nitrogen and oxygen atoms in total. The zero-order valence-electron chi connectivity index (χ0n) is 9.15. The highest BCUT2D eigenvalue weighted by molar-refractivity contribution is 5.95. The molecule has 0 unspecified atom stereocenters. The van der Waals surface area contributed by atoms with Crippen LogP contribution in [-0.2, 0) is 4.79 Å². The zero-order chi connectivity index (χ0) is 12.3. The van der Waals surface area contributed by atoms with Crippen molar-refractivity contribution in [3.8, 4) is 0 Å². The van der Waals surface area contributed by atoms with Crippen LogP contribution in [0.2, 0.25) is 0 Å². The Morgan fingerprint density at radius 2 is 2.06 bits per heavy atom. The van der Waals surface area contributed by atoms with Crippen LogP contribution in [0.25, 0.3) is 0 Å². The highest BCUT2D eigenvalue weighted by Gasteiger charge is 2.22. The topological polar surface area (TPSA) is 49.7 Å². The van der Waals surface area contributed by atoms with Crippen LogP contribution in [0.5, 0.6) is 0 Å². The molecule has 0 bridgehead atoms. The number of hydrogen-bond acceptors (Lipinski definition) is 3. The summed E-state index contributed by atoms with van der Waals surface area (Å²) in [5.74, 6) is -0.958. The van der Waals surface area contributed by atoms with Gasteiger partial charge < -0.3 is 4.90 Å². The van der Waals surface area contributed by atoms with Crippen molar-refractivity contribution in [2.24, 2.45) is 4.99 Å². The van der Waals surface area contributed by atoms with Gasteiger partial charge in [-0.25, -0.2) is 9.18 Å². The van der Waals surface area contributed by atoms with Gasteiger partial charge in [0, 0.05) is 19.2 Å². The maximum Gasteiger partial charge on any atom is 0.256 e. The van der Waals surface area contributed by atoms with E-state index in [1.54, 1.807) is 4.90 Å². The quantitative estimate of drug-likeness (QED) is 0.580. The Kier molecular flexibility index (Phi) is 3.30. The van der Waals surface area contributed by atoms with Gasteiger partial charge >= 0.3 is 0 Å². The number of aliphatic imine (C=N–C) groups is 1. The highest BCUT2D eigenvalue weighted by Crippen LogP contribution is 2.20. The van der Waals surface area contributed by atoms with Crippen LogP contribution in [0.15, 0.2) is 23.2 Å². The number of benzene rings is 1. The number of isocyanates is 1. The van der Waals surface area contributed by atoms with Crippen molar-refractivity contribution in [3.05, 3.63) is 29.6 Å². The van der Waals surface area contributed by atoms with E-state index in [0.717, 1.165) is 18.9 Å². The van der Waals surface area contributed by atoms with E-state index >= 15 is 0 Å². The molecule has 1 fully saturated rings. The summed E-state index contributed by atoms with van der Waals surface area (Å²) < 4.78 is 13.6. The fourth-order valence-electron chi connectivity index (χ4n) is 1.89. The molecule has 0 N–H and O–H groups in total. The average Bonchev–Trinajstić information content (AvgIpc) is 2.82. The first-order valence-electron chi connectivity index (χ1n) is 5.39. The third-order valence-electron chi connectivity index (χ3n) is 2.75. The van der Waals surface area contributed by atoms with Crippen LogP contribution in [0.1, 0.15) is 23.2 Å². The van der Waals surface area contributed by atoms with Gasteiger partial charge in [-0.3, -0.25) is 4.79 Å². The number of amides is 1. The normalized spacial score (nSPS) is 14.5. The smallest absolute Gasteiger partial charge is 0.256 e. The molecule has 5 heteroatoms. The second-order valence-corrected chi connectivity index (χ2v) is 3.87. The van der Waals surface area contributed by atoms with Gasteiger partial charge in [0.25, 0.3) is 5.91 Å². The molecule has 1 aliphatic heterocycles. The van der Waals surface area contributed by atoms with E-state index < -0.39 is 5.82 Å². The number of likely N-dealkylation sites (tertiary alicyclic amines) is 1. The molecule has 1 amide bonds. The summed E-state index contributed by atoms with van der Waals surface area (Å²) in [5.41, 5.74) is 0.187. The summed E-state index contributed by atoms with van der Waals surface area (Å²) in [4.78, 5) is 26.9. The molecule has 0 saturated carbocycles. The number of rotatable bonds is 2. The first-order chi connectivity index (χ1) is 8.22. The van der Waals surface area contributed by atoms with Gasteiger partial charge in [-0.15, -0.1) is 0 Å². The Bertz CT molecular complexity index is 489. The van der Waals surface area contributed by atoms with Crippen LogP contribution in [-0.4, -0.2) is 30.0 Å². The molecule has 0 aliphatic carbocycles. The predicted octanol–water partition coefficient (Wildman–Crippen LogP) is 2.03. The molecule has 1 aliphatic rings. The maximum atomic E-state index is 13.6. The molecule has 1 saturated heterocycles. The van der Waals surface area contributed by atoms with E-state index in [9.17, 15) is 14.0 Å². The fraction of sp³-hybridized carbons (Fsp3) is 0.333. The van der Waals surface area contributed by atoms with Gasteiger partial charge in [-0.2, -0.15) is 4.99 Å². The summed E-state index contributed by atoms with van der Waals surface area (Å²) in [7, 11) is 0. The van der Waals surface area contributed by atoms with Gasteiger partial charge in [0.15, 0.2) is 0 Å². The molecule has 0 radical (unpaired) electrons. The fourth-order valence-corrected chi connectivity index (χ4v) is 1.89. The highest BCUT2D eigenvalue weighted by atomic mass is 19.1. The predicted molar refractivity (Wildman–Crippen MR) is 59.3 cm³/mol. The number of nitrogens with zero attached hydrogens (tertiary/aromatic N) is 2. The number of carbonyl (C=O) groups is 1. The maximum absolute atomic E-state index is 13.6. The third-order valence-corrected chi connectivity index (χ3v) is 2.75. The summed E-state index contributed by atoms with van der Waals surface area (Å²) in [6.45, 7) is 1.35. The van der Waals surface area contributed by atoms with E-state index in [1.165, 1.54) is 18.2 Å². The zero-order valence-corrected chi connectivity index (χ0v) is 9.15. The molecular weight excluding hydrogens is 223 g/mol. The Morgan fingerprint density at radius 1 is 1.35 bits per heavy atom. The Hall–Kier alpha value is -2.00. The molecule has 0 aromatic heterocycles. The van der Waals surface area contributed by atoms with Crippen LogP contribution >= 0.6 is 0 Å². The van der Waals surface area contributed by atoms with Crippen molar-refractivity contribution < 1.29 is 14.0 Å². The minimum atomic E-state index is -0.654. The van der Waals surface area contributed by atoms with Gasteiger partial charge in [-0.05, 0) is 25.0 Å². The Balaban J connectivity index is 2.26. The number of carbonyl (C=O) groups excluding carboxylic acids is 2. The molecule has 2 rings (SSSR count). The van der Waals surface area contributed by atoms with E-state index in [-0.39, 0.29) is 17.2 Å². The molecule has 0 atom stereocenters. The van der Waals surface area contributed by atoms with Crippen molar-refractivity contribution in [2.45, 2.75) is 12.8 Å². The molecular formula is C12H11FN2O2. The van der Waals surface area contributed by atoms with Crippen molar-refractivity contribution in [1.82, 2.24) is 4.90 Å². The Labute approximate surface area is 97.8 Å². The van der Waals surface area contributed by atoms with Crippen LogP contribution in [0, 0.1) is 5.82 Å². The first kappa shape index (κ1) is 11.5. The van der Waals surface area contributed by atoms with Crippen molar-refractivity contribution in [2.75, 3.05) is 13.1 Å². The molecule has 0 spiro atoms. The summed E-state index contributed by atoms with van der Waals surface area (Å²) in [6.07, 6.45) is 3.25. The molecule has 1 aromatic carbocycles. The first-order valence-corrected chi connectivity index (χ1v) is 5.39. The molecule has 1 heterocycles. The molecule has 1 aromatic rings. The number of hydrogen-bond donors (Lipinski definition) is 0. The minimum absolute atomic E-state index is 0.0248. The second-order valence-electron chi connectivity index (χ2n) is 3.87.